The van der Waals surface area contributed by atoms with Crippen LogP contribution in [0.15, 0.2) is 48.8 Å². The van der Waals surface area contributed by atoms with Gasteiger partial charge in [0.2, 0.25) is 0 Å². The molecule has 2 aromatic rings. The summed E-state index contributed by atoms with van der Waals surface area (Å²) in [5, 5.41) is 3.10. The van der Waals surface area contributed by atoms with Gasteiger partial charge in [0.05, 0.1) is 17.2 Å². The molecule has 5 nitrogen and oxygen atoms in total. The first-order valence-electron chi connectivity index (χ1n) is 6.78. The number of pyridine rings is 1. The maximum absolute atomic E-state index is 11.8. The van der Waals surface area contributed by atoms with Crippen molar-refractivity contribution >= 4 is 23.5 Å². The zero-order valence-corrected chi connectivity index (χ0v) is 12.5. The molecule has 0 fully saturated rings. The van der Waals surface area contributed by atoms with E-state index in [1.54, 1.807) is 48.8 Å². The minimum Gasteiger partial charge on any atom is -0.462 e. The van der Waals surface area contributed by atoms with E-state index in [0.717, 1.165) is 0 Å². The molecule has 1 aromatic heterocycles. The molecule has 1 amide bonds. The summed E-state index contributed by atoms with van der Waals surface area (Å²) in [5.74, 6) is -0.647. The molecule has 1 heterocycles. The van der Waals surface area contributed by atoms with E-state index in [0.29, 0.717) is 29.1 Å². The summed E-state index contributed by atoms with van der Waals surface area (Å²) in [6.45, 7) is 0.623. The number of carbonyl (C=O) groups excluding carboxylic acids is 2. The lowest BCUT2D eigenvalue weighted by Crippen LogP contribution is -2.25. The second-order valence-corrected chi connectivity index (χ2v) is 4.87. The molecule has 0 aliphatic carbocycles. The summed E-state index contributed by atoms with van der Waals surface area (Å²) in [6, 6.07) is 9.97. The zero-order valence-electron chi connectivity index (χ0n) is 11.8. The van der Waals surface area contributed by atoms with Crippen LogP contribution in [0.25, 0.3) is 0 Å². The molecule has 0 aliphatic rings. The van der Waals surface area contributed by atoms with Crippen LogP contribution < -0.4 is 5.32 Å². The first-order valence-corrected chi connectivity index (χ1v) is 7.16. The van der Waals surface area contributed by atoms with Crippen molar-refractivity contribution in [2.45, 2.75) is 6.42 Å². The van der Waals surface area contributed by atoms with Gasteiger partial charge in [-0.15, -0.1) is 0 Å². The average molecular weight is 319 g/mol. The Bertz CT molecular complexity index is 647. The molecule has 0 unspecified atom stereocenters. The van der Waals surface area contributed by atoms with E-state index in [1.807, 2.05) is 0 Å². The molecule has 6 heteroatoms. The molecule has 22 heavy (non-hydrogen) atoms. The minimum atomic E-state index is -0.467. The van der Waals surface area contributed by atoms with Gasteiger partial charge in [-0.25, -0.2) is 4.79 Å². The lowest BCUT2D eigenvalue weighted by Gasteiger charge is -2.07. The highest BCUT2D eigenvalue weighted by molar-refractivity contribution is 6.33. The number of nitrogens with zero attached hydrogens (tertiary/aromatic N) is 1. The fourth-order valence-corrected chi connectivity index (χ4v) is 1.96. The van der Waals surface area contributed by atoms with Crippen LogP contribution in [-0.4, -0.2) is 30.0 Å². The van der Waals surface area contributed by atoms with E-state index in [2.05, 4.69) is 10.3 Å². The summed E-state index contributed by atoms with van der Waals surface area (Å²) >= 11 is 5.91. The topological polar surface area (TPSA) is 68.3 Å². The first-order chi connectivity index (χ1) is 10.7. The molecule has 0 radical (unpaired) electrons. The number of carbonyl (C=O) groups is 2. The van der Waals surface area contributed by atoms with Crippen LogP contribution in [0.4, 0.5) is 0 Å². The molecule has 0 saturated carbocycles. The van der Waals surface area contributed by atoms with Gasteiger partial charge >= 0.3 is 5.97 Å². The zero-order chi connectivity index (χ0) is 15.8. The molecule has 114 valence electrons. The van der Waals surface area contributed by atoms with Crippen LogP contribution >= 0.6 is 11.6 Å². The summed E-state index contributed by atoms with van der Waals surface area (Å²) in [4.78, 5) is 27.4. The fraction of sp³-hybridized carbons (Fsp3) is 0.188. The number of rotatable bonds is 6. The number of nitrogens with one attached hydrogen (secondary N) is 1. The molecular formula is C16H15ClN2O3. The molecule has 0 aliphatic heterocycles. The predicted octanol–water partition coefficient (Wildman–Crippen LogP) is 2.71. The van der Waals surface area contributed by atoms with Crippen molar-refractivity contribution in [1.82, 2.24) is 10.3 Å². The van der Waals surface area contributed by atoms with Gasteiger partial charge in [0.25, 0.3) is 5.91 Å². The Morgan fingerprint density at radius 1 is 1.14 bits per heavy atom. The van der Waals surface area contributed by atoms with Crippen LogP contribution in [-0.2, 0) is 4.74 Å². The molecule has 0 atom stereocenters. The normalized spacial score (nSPS) is 10.0. The summed E-state index contributed by atoms with van der Waals surface area (Å²) < 4.78 is 5.11. The van der Waals surface area contributed by atoms with Gasteiger partial charge < -0.3 is 10.1 Å². The summed E-state index contributed by atoms with van der Waals surface area (Å²) in [7, 11) is 0. The Morgan fingerprint density at radius 2 is 1.86 bits per heavy atom. The lowest BCUT2D eigenvalue weighted by atomic mass is 10.2. The van der Waals surface area contributed by atoms with Crippen molar-refractivity contribution in [3.8, 4) is 0 Å². The minimum absolute atomic E-state index is 0.181. The van der Waals surface area contributed by atoms with Crippen molar-refractivity contribution in [1.29, 1.82) is 0 Å². The second kappa shape index (κ2) is 8.14. The van der Waals surface area contributed by atoms with Crippen molar-refractivity contribution in [2.75, 3.05) is 13.2 Å². The molecule has 2 rings (SSSR count). The largest absolute Gasteiger partial charge is 0.462 e. The number of amides is 1. The third-order valence-corrected chi connectivity index (χ3v) is 3.21. The SMILES string of the molecule is O=C(NCCCOC(=O)c1ccccc1Cl)c1ccncc1. The lowest BCUT2D eigenvalue weighted by molar-refractivity contribution is 0.0501. The Balaban J connectivity index is 1.69. The number of aromatic nitrogens is 1. The van der Waals surface area contributed by atoms with Gasteiger partial charge in [0.15, 0.2) is 0 Å². The van der Waals surface area contributed by atoms with E-state index < -0.39 is 5.97 Å². The van der Waals surface area contributed by atoms with Gasteiger partial charge in [-0.1, -0.05) is 23.7 Å². The van der Waals surface area contributed by atoms with Crippen LogP contribution in [0.3, 0.4) is 0 Å². The van der Waals surface area contributed by atoms with Gasteiger partial charge in [0, 0.05) is 24.5 Å². The number of hydrogen-bond acceptors (Lipinski definition) is 4. The molecule has 0 spiro atoms. The third kappa shape index (κ3) is 4.56. The van der Waals surface area contributed by atoms with Crippen molar-refractivity contribution < 1.29 is 14.3 Å². The van der Waals surface area contributed by atoms with Crippen LogP contribution in [0.2, 0.25) is 5.02 Å². The monoisotopic (exact) mass is 318 g/mol. The van der Waals surface area contributed by atoms with Gasteiger partial charge in [-0.05, 0) is 30.7 Å². The van der Waals surface area contributed by atoms with Crippen LogP contribution in [0.1, 0.15) is 27.1 Å². The average Bonchev–Trinajstić information content (AvgIpc) is 2.55. The van der Waals surface area contributed by atoms with E-state index >= 15 is 0 Å². The summed E-state index contributed by atoms with van der Waals surface area (Å²) in [5.41, 5.74) is 0.882. The third-order valence-electron chi connectivity index (χ3n) is 2.88. The maximum atomic E-state index is 11.8. The van der Waals surface area contributed by atoms with E-state index in [1.165, 1.54) is 0 Å². The van der Waals surface area contributed by atoms with E-state index in [9.17, 15) is 9.59 Å². The smallest absolute Gasteiger partial charge is 0.339 e. The van der Waals surface area contributed by atoms with Gasteiger partial charge in [-0.3, -0.25) is 9.78 Å². The number of benzene rings is 1. The number of hydrogen-bond donors (Lipinski definition) is 1. The molecule has 0 bridgehead atoms. The molecule has 1 aromatic carbocycles. The highest BCUT2D eigenvalue weighted by Gasteiger charge is 2.10. The van der Waals surface area contributed by atoms with Crippen molar-refractivity contribution in [2.24, 2.45) is 0 Å². The Kier molecular flexibility index (Phi) is 5.91. The quantitative estimate of drug-likeness (QED) is 0.657. The van der Waals surface area contributed by atoms with Gasteiger partial charge in [0.1, 0.15) is 0 Å². The van der Waals surface area contributed by atoms with Crippen LogP contribution in [0.5, 0.6) is 0 Å². The highest BCUT2D eigenvalue weighted by Crippen LogP contribution is 2.15. The Morgan fingerprint density at radius 3 is 2.59 bits per heavy atom. The van der Waals surface area contributed by atoms with Gasteiger partial charge in [-0.2, -0.15) is 0 Å². The summed E-state index contributed by atoms with van der Waals surface area (Å²) in [6.07, 6.45) is 3.63. The maximum Gasteiger partial charge on any atom is 0.339 e. The van der Waals surface area contributed by atoms with E-state index in [4.69, 9.17) is 16.3 Å². The number of esters is 1. The van der Waals surface area contributed by atoms with Crippen LogP contribution in [0, 0.1) is 0 Å². The Labute approximate surface area is 133 Å². The Hall–Kier alpha value is -2.40. The number of ether oxygens (including phenoxy) is 1. The highest BCUT2D eigenvalue weighted by atomic mass is 35.5. The molecule has 1 N–H and O–H groups in total. The van der Waals surface area contributed by atoms with E-state index in [-0.39, 0.29) is 12.5 Å². The molecular weight excluding hydrogens is 304 g/mol. The molecule has 0 saturated heterocycles. The second-order valence-electron chi connectivity index (χ2n) is 4.46. The fourth-order valence-electron chi connectivity index (χ4n) is 1.75. The predicted molar refractivity (Wildman–Crippen MR) is 82.9 cm³/mol. The van der Waals surface area contributed by atoms with Crippen molar-refractivity contribution in [3.63, 3.8) is 0 Å². The van der Waals surface area contributed by atoms with Crippen molar-refractivity contribution in [3.05, 3.63) is 64.9 Å². The first kappa shape index (κ1) is 16.0. The number of halogens is 1. The standard InChI is InChI=1S/C16H15ClN2O3/c17-14-5-2-1-4-13(14)16(21)22-11-3-8-19-15(20)12-6-9-18-10-7-12/h1-2,4-7,9-10H,3,8,11H2,(H,19,20).